The van der Waals surface area contributed by atoms with Crippen molar-refractivity contribution in [1.29, 1.82) is 0 Å². The zero-order valence-corrected chi connectivity index (χ0v) is 26.1. The van der Waals surface area contributed by atoms with Gasteiger partial charge in [0.2, 0.25) is 0 Å². The topological polar surface area (TPSA) is 74.8 Å². The van der Waals surface area contributed by atoms with Crippen molar-refractivity contribution in [3.8, 4) is 0 Å². The number of fused-ring (bicyclic) bond motifs is 2. The third-order valence-electron chi connectivity index (χ3n) is 8.74. The van der Waals surface area contributed by atoms with Crippen LogP contribution >= 0.6 is 0 Å². The van der Waals surface area contributed by atoms with Gasteiger partial charge in [-0.2, -0.15) is 13.2 Å². The predicted octanol–water partition coefficient (Wildman–Crippen LogP) is 5.09. The Hall–Kier alpha value is -3.57. The second-order valence-corrected chi connectivity index (χ2v) is 13.2. The molecule has 0 N–H and O–H groups in total. The average Bonchev–Trinajstić information content (AvgIpc) is 3.34. The number of quaternary nitrogens is 2. The summed E-state index contributed by atoms with van der Waals surface area (Å²) in [6.45, 7) is 4.15. The van der Waals surface area contributed by atoms with E-state index in [0.717, 1.165) is 90.3 Å². The van der Waals surface area contributed by atoms with Crippen LogP contribution in [0.2, 0.25) is 0 Å². The number of benzene rings is 2. The minimum Gasteiger partial charge on any atom is -0.328 e. The van der Waals surface area contributed by atoms with E-state index in [2.05, 4.69) is 28.2 Å². The van der Waals surface area contributed by atoms with Crippen LogP contribution in [0.5, 0.6) is 0 Å². The summed E-state index contributed by atoms with van der Waals surface area (Å²) >= 11 is 0. The molecule has 0 radical (unpaired) electrons. The van der Waals surface area contributed by atoms with Crippen molar-refractivity contribution in [3.63, 3.8) is 0 Å². The molecule has 0 spiro atoms. The largest absolute Gasteiger partial charge is 0.416 e. The maximum Gasteiger partial charge on any atom is 0.416 e. The smallest absolute Gasteiger partial charge is 0.328 e. The minimum atomic E-state index is -4.57. The van der Waals surface area contributed by atoms with E-state index in [1.54, 1.807) is 24.3 Å². The highest BCUT2D eigenvalue weighted by atomic mass is 19.4. The molecule has 44 heavy (non-hydrogen) atoms. The molecule has 2 aliphatic heterocycles. The fraction of sp³-hybridized carbons (Fsp3) is 0.515. The fourth-order valence-electron chi connectivity index (χ4n) is 6.08. The highest BCUT2D eigenvalue weighted by Gasteiger charge is 2.39. The zero-order valence-electron chi connectivity index (χ0n) is 26.1. The normalized spacial score (nSPS) is 15.4. The minimum absolute atomic E-state index is 0.0290. The molecule has 0 fully saturated rings. The first-order valence-electron chi connectivity index (χ1n) is 15.3. The van der Waals surface area contributed by atoms with Gasteiger partial charge in [-0.15, -0.1) is 0 Å². The standard InChI is InChI=1S/C33H43F3N4O4/c1-39(2,21-11-17-37-29(41)25-13-7-8-14-26(25)30(37)42)19-9-5-6-10-20-40(3,4)22-12-18-38-31(43)27-16-15-24(33(34,35)36)23-28(27)32(38)44/h7-8,13-16,23H,5-6,9-12,17-22H2,1-4H3/q+2. The Balaban J connectivity index is 1.10. The van der Waals surface area contributed by atoms with Crippen LogP contribution in [-0.4, -0.2) is 110 Å². The molecule has 4 amide bonds. The Morgan fingerprint density at radius 1 is 0.545 bits per heavy atom. The summed E-state index contributed by atoms with van der Waals surface area (Å²) in [6, 6.07) is 9.66. The lowest BCUT2D eigenvalue weighted by molar-refractivity contribution is -0.891. The second kappa shape index (κ2) is 13.2. The molecule has 4 rings (SSSR count). The van der Waals surface area contributed by atoms with E-state index in [1.165, 1.54) is 4.90 Å². The summed E-state index contributed by atoms with van der Waals surface area (Å²) in [4.78, 5) is 52.9. The number of amides is 4. The van der Waals surface area contributed by atoms with Gasteiger partial charge in [0.15, 0.2) is 0 Å². The van der Waals surface area contributed by atoms with Crippen LogP contribution in [0.3, 0.4) is 0 Å². The van der Waals surface area contributed by atoms with Gasteiger partial charge in [-0.05, 0) is 56.0 Å². The van der Waals surface area contributed by atoms with Crippen molar-refractivity contribution < 1.29 is 41.3 Å². The molecule has 2 heterocycles. The number of unbranched alkanes of at least 4 members (excludes halogenated alkanes) is 3. The van der Waals surface area contributed by atoms with Crippen LogP contribution in [0.4, 0.5) is 13.2 Å². The molecule has 11 heteroatoms. The first-order valence-corrected chi connectivity index (χ1v) is 15.3. The van der Waals surface area contributed by atoms with Gasteiger partial charge in [0.05, 0.1) is 82.2 Å². The maximum absolute atomic E-state index is 13.1. The molecule has 2 aromatic rings. The summed E-state index contributed by atoms with van der Waals surface area (Å²) in [6.07, 6.45) is 1.02. The summed E-state index contributed by atoms with van der Waals surface area (Å²) in [5.41, 5.74) is -0.104. The van der Waals surface area contributed by atoms with Crippen molar-refractivity contribution in [3.05, 3.63) is 70.3 Å². The van der Waals surface area contributed by atoms with Gasteiger partial charge in [-0.25, -0.2) is 0 Å². The third kappa shape index (κ3) is 7.74. The molecule has 0 unspecified atom stereocenters. The highest BCUT2D eigenvalue weighted by Crippen LogP contribution is 2.33. The molecular weight excluding hydrogens is 573 g/mol. The third-order valence-corrected chi connectivity index (χ3v) is 8.74. The van der Waals surface area contributed by atoms with E-state index in [1.807, 2.05) is 0 Å². The molecule has 0 saturated heterocycles. The SMILES string of the molecule is C[N+](C)(CCCCCC[N+](C)(C)CCCN1C(=O)c2ccc(C(F)(F)F)cc2C1=O)CCCN1C(=O)c2ccccc2C1=O. The summed E-state index contributed by atoms with van der Waals surface area (Å²) in [5.74, 6) is -1.60. The van der Waals surface area contributed by atoms with Gasteiger partial charge in [-0.3, -0.25) is 29.0 Å². The number of nitrogens with zero attached hydrogens (tertiary/aromatic N) is 4. The lowest BCUT2D eigenvalue weighted by Gasteiger charge is -2.31. The predicted molar refractivity (Wildman–Crippen MR) is 160 cm³/mol. The Morgan fingerprint density at radius 3 is 1.36 bits per heavy atom. The van der Waals surface area contributed by atoms with Crippen molar-refractivity contribution in [2.24, 2.45) is 0 Å². The number of hydrogen-bond acceptors (Lipinski definition) is 4. The molecule has 0 saturated carbocycles. The van der Waals surface area contributed by atoms with E-state index in [4.69, 9.17) is 0 Å². The molecule has 0 aromatic heterocycles. The van der Waals surface area contributed by atoms with Crippen molar-refractivity contribution in [2.45, 2.75) is 44.7 Å². The van der Waals surface area contributed by atoms with E-state index >= 15 is 0 Å². The van der Waals surface area contributed by atoms with Crippen molar-refractivity contribution in [2.75, 3.05) is 67.5 Å². The van der Waals surface area contributed by atoms with Crippen molar-refractivity contribution in [1.82, 2.24) is 9.80 Å². The summed E-state index contributed by atoms with van der Waals surface area (Å²) in [7, 11) is 8.55. The Kier molecular flexibility index (Phi) is 9.99. The lowest BCUT2D eigenvalue weighted by atomic mass is 10.1. The van der Waals surface area contributed by atoms with Gasteiger partial charge in [0.25, 0.3) is 23.6 Å². The fourth-order valence-corrected chi connectivity index (χ4v) is 6.08. The number of alkyl halides is 3. The van der Waals surface area contributed by atoms with Gasteiger partial charge in [0, 0.05) is 25.9 Å². The number of carbonyl (C=O) groups excluding carboxylic acids is 4. The zero-order chi connectivity index (χ0) is 32.3. The number of rotatable bonds is 15. The lowest BCUT2D eigenvalue weighted by Crippen LogP contribution is -2.43. The Bertz CT molecular complexity index is 1380. The van der Waals surface area contributed by atoms with Crippen LogP contribution < -0.4 is 0 Å². The average molecular weight is 617 g/mol. The van der Waals surface area contributed by atoms with Gasteiger partial charge in [0.1, 0.15) is 0 Å². The molecule has 0 atom stereocenters. The van der Waals surface area contributed by atoms with E-state index < -0.39 is 23.6 Å². The first kappa shape index (κ1) is 33.3. The number of imide groups is 2. The van der Waals surface area contributed by atoms with Crippen LogP contribution in [0.15, 0.2) is 42.5 Å². The Labute approximate surface area is 257 Å². The van der Waals surface area contributed by atoms with E-state index in [-0.39, 0.29) is 29.5 Å². The first-order chi connectivity index (χ1) is 20.6. The van der Waals surface area contributed by atoms with E-state index in [9.17, 15) is 32.3 Å². The molecule has 2 aromatic carbocycles. The Morgan fingerprint density at radius 2 is 0.932 bits per heavy atom. The van der Waals surface area contributed by atoms with Crippen molar-refractivity contribution >= 4 is 23.6 Å². The summed E-state index contributed by atoms with van der Waals surface area (Å²) in [5, 5.41) is 0. The van der Waals surface area contributed by atoms with Gasteiger partial charge in [-0.1, -0.05) is 12.1 Å². The summed E-state index contributed by atoms with van der Waals surface area (Å²) < 4.78 is 40.7. The van der Waals surface area contributed by atoms with E-state index in [0.29, 0.717) is 24.1 Å². The van der Waals surface area contributed by atoms with Crippen LogP contribution in [0.1, 0.15) is 85.5 Å². The highest BCUT2D eigenvalue weighted by molar-refractivity contribution is 6.22. The molecule has 0 aliphatic carbocycles. The molecule has 2 aliphatic rings. The number of hydrogen-bond donors (Lipinski definition) is 0. The van der Waals surface area contributed by atoms with Gasteiger partial charge >= 0.3 is 6.18 Å². The molecular formula is C33H43F3N4O4+2. The monoisotopic (exact) mass is 616 g/mol. The molecule has 0 bridgehead atoms. The molecule has 8 nitrogen and oxygen atoms in total. The second-order valence-electron chi connectivity index (χ2n) is 13.2. The number of halogens is 3. The van der Waals surface area contributed by atoms with Crippen LogP contribution in [0.25, 0.3) is 0 Å². The quantitative estimate of drug-likeness (QED) is 0.159. The van der Waals surface area contributed by atoms with Crippen LogP contribution in [0, 0.1) is 0 Å². The maximum atomic E-state index is 13.1. The van der Waals surface area contributed by atoms with Crippen LogP contribution in [-0.2, 0) is 6.18 Å². The molecule has 238 valence electrons. The van der Waals surface area contributed by atoms with Gasteiger partial charge < -0.3 is 8.97 Å². The number of carbonyl (C=O) groups is 4.